The van der Waals surface area contributed by atoms with Crippen LogP contribution in [0, 0.1) is 12.7 Å². The van der Waals surface area contributed by atoms with Crippen LogP contribution in [0.2, 0.25) is 0 Å². The van der Waals surface area contributed by atoms with Crippen LogP contribution >= 0.6 is 0 Å². The normalized spacial score (nSPS) is 10.5. The van der Waals surface area contributed by atoms with Gasteiger partial charge in [-0.15, -0.1) is 0 Å². The number of likely N-dealkylation sites (N-methyl/N-ethyl adjacent to an activating group) is 1. The van der Waals surface area contributed by atoms with Crippen molar-refractivity contribution in [2.24, 2.45) is 0 Å². The molecule has 4 nitrogen and oxygen atoms in total. The molecule has 0 bridgehead atoms. The van der Waals surface area contributed by atoms with Crippen molar-refractivity contribution in [3.05, 3.63) is 29.1 Å². The number of benzene rings is 1. The van der Waals surface area contributed by atoms with Crippen LogP contribution in [0.25, 0.3) is 0 Å². The number of hydrogen-bond acceptors (Lipinski definition) is 3. The van der Waals surface area contributed by atoms with Crippen LogP contribution in [-0.2, 0) is 4.74 Å². The maximum atomic E-state index is 14.0. The summed E-state index contributed by atoms with van der Waals surface area (Å²) in [6.45, 7) is 7.31. The van der Waals surface area contributed by atoms with Crippen molar-refractivity contribution >= 4 is 11.6 Å². The maximum absolute atomic E-state index is 14.0. The lowest BCUT2D eigenvalue weighted by molar-refractivity contribution is 0.0665. The van der Waals surface area contributed by atoms with E-state index in [0.29, 0.717) is 37.6 Å². The number of nitrogens with two attached hydrogens (primary N) is 1. The number of aryl methyl sites for hydroxylation is 1. The first-order chi connectivity index (χ1) is 9.01. The smallest absolute Gasteiger partial charge is 0.256 e. The van der Waals surface area contributed by atoms with E-state index in [1.807, 2.05) is 13.8 Å². The van der Waals surface area contributed by atoms with Gasteiger partial charge in [0.15, 0.2) is 0 Å². The Balaban J connectivity index is 2.91. The molecule has 1 aromatic rings. The second kappa shape index (κ2) is 7.09. The molecule has 19 heavy (non-hydrogen) atoms. The lowest BCUT2D eigenvalue weighted by Crippen LogP contribution is -2.34. The molecule has 0 fully saturated rings. The van der Waals surface area contributed by atoms with Crippen molar-refractivity contribution in [1.82, 2.24) is 4.90 Å². The number of nitrogens with zero attached hydrogens (tertiary/aromatic N) is 1. The van der Waals surface area contributed by atoms with Crippen LogP contribution in [-0.4, -0.2) is 37.1 Å². The number of hydrogen-bond donors (Lipinski definition) is 1. The molecule has 1 aromatic carbocycles. The summed E-state index contributed by atoms with van der Waals surface area (Å²) in [6.07, 6.45) is 0. The van der Waals surface area contributed by atoms with Gasteiger partial charge in [0.2, 0.25) is 0 Å². The quantitative estimate of drug-likeness (QED) is 0.635. The summed E-state index contributed by atoms with van der Waals surface area (Å²) in [4.78, 5) is 13.8. The molecule has 106 valence electrons. The zero-order valence-corrected chi connectivity index (χ0v) is 11.7. The lowest BCUT2D eigenvalue weighted by atomic mass is 10.1. The predicted octanol–water partition coefficient (Wildman–Crippen LogP) is 2.21. The van der Waals surface area contributed by atoms with Gasteiger partial charge in [-0.1, -0.05) is 0 Å². The number of carbonyl (C=O) groups excluding carboxylic acids is 1. The van der Waals surface area contributed by atoms with Crippen molar-refractivity contribution in [3.63, 3.8) is 0 Å². The first-order valence-electron chi connectivity index (χ1n) is 6.43. The topological polar surface area (TPSA) is 55.6 Å². The van der Waals surface area contributed by atoms with E-state index in [1.165, 1.54) is 12.1 Å². The van der Waals surface area contributed by atoms with Crippen LogP contribution in [0.3, 0.4) is 0 Å². The Morgan fingerprint density at radius 2 is 2.11 bits per heavy atom. The zero-order valence-electron chi connectivity index (χ0n) is 11.7. The third-order valence-electron chi connectivity index (χ3n) is 2.89. The van der Waals surface area contributed by atoms with E-state index in [9.17, 15) is 9.18 Å². The Kier molecular flexibility index (Phi) is 5.76. The Bertz CT molecular complexity index is 449. The minimum absolute atomic E-state index is 0.0239. The van der Waals surface area contributed by atoms with Gasteiger partial charge in [0.05, 0.1) is 12.2 Å². The number of carbonyl (C=O) groups is 1. The molecule has 0 spiro atoms. The molecule has 0 saturated carbocycles. The SMILES string of the molecule is CCOCCN(CC)C(=O)c1cc(N)cc(C)c1F. The fourth-order valence-corrected chi connectivity index (χ4v) is 1.85. The van der Waals surface area contributed by atoms with Crippen molar-refractivity contribution < 1.29 is 13.9 Å². The monoisotopic (exact) mass is 268 g/mol. The molecule has 0 radical (unpaired) electrons. The molecule has 0 heterocycles. The van der Waals surface area contributed by atoms with Crippen molar-refractivity contribution in [1.29, 1.82) is 0 Å². The molecule has 2 N–H and O–H groups in total. The van der Waals surface area contributed by atoms with Crippen LogP contribution in [0.4, 0.5) is 10.1 Å². The van der Waals surface area contributed by atoms with Gasteiger partial charge in [0, 0.05) is 25.4 Å². The highest BCUT2D eigenvalue weighted by molar-refractivity contribution is 5.95. The Morgan fingerprint density at radius 1 is 1.42 bits per heavy atom. The third-order valence-corrected chi connectivity index (χ3v) is 2.89. The molecule has 0 aliphatic heterocycles. The second-order valence-corrected chi connectivity index (χ2v) is 4.28. The molecule has 0 saturated heterocycles. The number of rotatable bonds is 6. The standard InChI is InChI=1S/C14H21FN2O2/c1-4-17(6-7-19-5-2)14(18)12-9-11(16)8-10(3)13(12)15/h8-9H,4-7,16H2,1-3H3. The molecule has 0 aromatic heterocycles. The Labute approximate surface area is 113 Å². The van der Waals surface area contributed by atoms with Gasteiger partial charge < -0.3 is 15.4 Å². The van der Waals surface area contributed by atoms with Crippen LogP contribution < -0.4 is 5.73 Å². The van der Waals surface area contributed by atoms with Gasteiger partial charge in [-0.2, -0.15) is 0 Å². The van der Waals surface area contributed by atoms with Gasteiger partial charge in [0.1, 0.15) is 5.82 Å². The van der Waals surface area contributed by atoms with Gasteiger partial charge in [-0.25, -0.2) is 4.39 Å². The van der Waals surface area contributed by atoms with E-state index in [4.69, 9.17) is 10.5 Å². The molecular weight excluding hydrogens is 247 g/mol. The molecule has 0 atom stereocenters. The first kappa shape index (κ1) is 15.4. The minimum atomic E-state index is -0.506. The van der Waals surface area contributed by atoms with Crippen LogP contribution in [0.5, 0.6) is 0 Å². The average Bonchev–Trinajstić information content (AvgIpc) is 2.38. The fourth-order valence-electron chi connectivity index (χ4n) is 1.85. The average molecular weight is 268 g/mol. The lowest BCUT2D eigenvalue weighted by Gasteiger charge is -2.21. The Hall–Kier alpha value is -1.62. The van der Waals surface area contributed by atoms with E-state index in [-0.39, 0.29) is 11.5 Å². The minimum Gasteiger partial charge on any atom is -0.399 e. The van der Waals surface area contributed by atoms with E-state index in [1.54, 1.807) is 11.8 Å². The molecule has 1 amide bonds. The summed E-state index contributed by atoms with van der Waals surface area (Å²) in [5.74, 6) is -0.857. The summed E-state index contributed by atoms with van der Waals surface area (Å²) >= 11 is 0. The number of amides is 1. The summed E-state index contributed by atoms with van der Waals surface area (Å²) in [5, 5.41) is 0. The summed E-state index contributed by atoms with van der Waals surface area (Å²) in [5.41, 5.74) is 6.46. The van der Waals surface area contributed by atoms with Gasteiger partial charge in [-0.05, 0) is 38.5 Å². The van der Waals surface area contributed by atoms with E-state index < -0.39 is 5.82 Å². The molecule has 0 unspecified atom stereocenters. The van der Waals surface area contributed by atoms with Crippen molar-refractivity contribution in [2.45, 2.75) is 20.8 Å². The molecule has 0 aliphatic carbocycles. The molecular formula is C14H21FN2O2. The van der Waals surface area contributed by atoms with Crippen LogP contribution in [0.1, 0.15) is 29.8 Å². The molecule has 0 aliphatic rings. The second-order valence-electron chi connectivity index (χ2n) is 4.28. The van der Waals surface area contributed by atoms with E-state index in [2.05, 4.69) is 0 Å². The maximum Gasteiger partial charge on any atom is 0.256 e. The largest absolute Gasteiger partial charge is 0.399 e. The number of nitrogen functional groups attached to an aromatic ring is 1. The van der Waals surface area contributed by atoms with E-state index in [0.717, 1.165) is 0 Å². The number of halogens is 1. The van der Waals surface area contributed by atoms with Crippen molar-refractivity contribution in [3.8, 4) is 0 Å². The number of anilines is 1. The zero-order chi connectivity index (χ0) is 14.4. The fraction of sp³-hybridized carbons (Fsp3) is 0.500. The highest BCUT2D eigenvalue weighted by atomic mass is 19.1. The van der Waals surface area contributed by atoms with E-state index >= 15 is 0 Å². The number of ether oxygens (including phenoxy) is 1. The summed E-state index contributed by atoms with van der Waals surface area (Å²) in [6, 6.07) is 2.90. The Morgan fingerprint density at radius 3 is 2.68 bits per heavy atom. The van der Waals surface area contributed by atoms with Gasteiger partial charge in [-0.3, -0.25) is 4.79 Å². The summed E-state index contributed by atoms with van der Waals surface area (Å²) in [7, 11) is 0. The molecule has 5 heteroatoms. The van der Waals surface area contributed by atoms with Crippen LogP contribution in [0.15, 0.2) is 12.1 Å². The summed E-state index contributed by atoms with van der Waals surface area (Å²) < 4.78 is 19.2. The third kappa shape index (κ3) is 3.92. The van der Waals surface area contributed by atoms with Gasteiger partial charge >= 0.3 is 0 Å². The first-order valence-corrected chi connectivity index (χ1v) is 6.43. The van der Waals surface area contributed by atoms with Crippen molar-refractivity contribution in [2.75, 3.05) is 32.0 Å². The highest BCUT2D eigenvalue weighted by Gasteiger charge is 2.19. The highest BCUT2D eigenvalue weighted by Crippen LogP contribution is 2.18. The predicted molar refractivity (Wildman–Crippen MR) is 73.6 cm³/mol. The van der Waals surface area contributed by atoms with Gasteiger partial charge in [0.25, 0.3) is 5.91 Å². The molecule has 1 rings (SSSR count).